The Morgan fingerprint density at radius 3 is 2.93 bits per heavy atom. The van der Waals surface area contributed by atoms with Crippen molar-refractivity contribution < 1.29 is 0 Å². The Morgan fingerprint density at radius 1 is 1.50 bits per heavy atom. The lowest BCUT2D eigenvalue weighted by Crippen LogP contribution is -2.03. The highest BCUT2D eigenvalue weighted by molar-refractivity contribution is 8.15. The van der Waals surface area contributed by atoms with E-state index in [4.69, 9.17) is 23.2 Å². The second-order valence-electron chi connectivity index (χ2n) is 2.83. The minimum absolute atomic E-state index is 0.250. The van der Waals surface area contributed by atoms with Gasteiger partial charge in [-0.15, -0.1) is 46.3 Å². The molecule has 0 aromatic carbocycles. The van der Waals surface area contributed by atoms with Crippen LogP contribution in [0.4, 0.5) is 0 Å². The van der Waals surface area contributed by atoms with E-state index in [1.54, 1.807) is 23.1 Å². The van der Waals surface area contributed by atoms with Gasteiger partial charge in [0, 0.05) is 17.0 Å². The molecule has 6 heteroatoms. The van der Waals surface area contributed by atoms with Crippen LogP contribution in [-0.4, -0.2) is 27.7 Å². The summed E-state index contributed by atoms with van der Waals surface area (Å²) in [6, 6.07) is 0.250. The predicted molar refractivity (Wildman–Crippen MR) is 65.2 cm³/mol. The third-order valence-corrected chi connectivity index (χ3v) is 4.54. The number of halogens is 2. The summed E-state index contributed by atoms with van der Waals surface area (Å²) < 4.78 is 0. The topological polar surface area (TPSA) is 25.2 Å². The summed E-state index contributed by atoms with van der Waals surface area (Å²) in [5.41, 5.74) is 0.921. The molecule has 1 atom stereocenters. The van der Waals surface area contributed by atoms with Gasteiger partial charge in [-0.3, -0.25) is 4.99 Å². The van der Waals surface area contributed by atoms with E-state index >= 15 is 0 Å². The molecule has 2 rings (SSSR count). The number of hydrogen-bond acceptors (Lipinski definition) is 4. The fourth-order valence-corrected chi connectivity index (χ4v) is 3.58. The summed E-state index contributed by atoms with van der Waals surface area (Å²) in [5.74, 6) is 2.02. The van der Waals surface area contributed by atoms with Crippen molar-refractivity contribution in [2.24, 2.45) is 4.99 Å². The fraction of sp³-hybridized carbons (Fsp3) is 0.500. The molecular formula is C8H8Cl2N2S2. The quantitative estimate of drug-likeness (QED) is 0.787. The first kappa shape index (κ1) is 10.7. The molecule has 1 aliphatic heterocycles. The van der Waals surface area contributed by atoms with Crippen LogP contribution in [0.1, 0.15) is 10.7 Å². The molecule has 1 aromatic rings. The molecule has 0 saturated heterocycles. The highest BCUT2D eigenvalue weighted by Gasteiger charge is 2.20. The van der Waals surface area contributed by atoms with E-state index in [0.29, 0.717) is 11.8 Å². The number of thioether (sulfide) groups is 1. The van der Waals surface area contributed by atoms with Gasteiger partial charge in [0.15, 0.2) is 0 Å². The molecule has 14 heavy (non-hydrogen) atoms. The summed E-state index contributed by atoms with van der Waals surface area (Å²) in [4.78, 5) is 8.85. The average Bonchev–Trinajstić information content (AvgIpc) is 2.86. The van der Waals surface area contributed by atoms with E-state index in [-0.39, 0.29) is 6.04 Å². The maximum absolute atomic E-state index is 5.73. The van der Waals surface area contributed by atoms with Crippen molar-refractivity contribution in [3.8, 4) is 0 Å². The SMILES string of the molecule is ClCc1csc(C2=NC(CCl)CS2)n1. The van der Waals surface area contributed by atoms with Crippen molar-refractivity contribution in [1.82, 2.24) is 4.98 Å². The van der Waals surface area contributed by atoms with Gasteiger partial charge in [-0.2, -0.15) is 0 Å². The van der Waals surface area contributed by atoms with Crippen LogP contribution in [-0.2, 0) is 5.88 Å². The number of hydrogen-bond donors (Lipinski definition) is 0. The van der Waals surface area contributed by atoms with Gasteiger partial charge >= 0.3 is 0 Å². The Bertz CT molecular complexity index is 351. The molecule has 0 bridgehead atoms. The number of rotatable bonds is 3. The average molecular weight is 267 g/mol. The van der Waals surface area contributed by atoms with Crippen LogP contribution in [0.5, 0.6) is 0 Å². The summed E-state index contributed by atoms with van der Waals surface area (Å²) in [6.45, 7) is 0. The van der Waals surface area contributed by atoms with E-state index in [1.165, 1.54) is 0 Å². The minimum Gasteiger partial charge on any atom is -0.270 e. The molecule has 2 nitrogen and oxygen atoms in total. The molecule has 1 aromatic heterocycles. The summed E-state index contributed by atoms with van der Waals surface area (Å²) in [7, 11) is 0. The largest absolute Gasteiger partial charge is 0.270 e. The highest BCUT2D eigenvalue weighted by atomic mass is 35.5. The van der Waals surface area contributed by atoms with Gasteiger partial charge in [-0.25, -0.2) is 4.98 Å². The van der Waals surface area contributed by atoms with E-state index < -0.39 is 0 Å². The maximum atomic E-state index is 5.73. The van der Waals surface area contributed by atoms with Gasteiger partial charge in [0.05, 0.1) is 17.6 Å². The molecule has 0 radical (unpaired) electrons. The Hall–Kier alpha value is 0.230. The first-order chi connectivity index (χ1) is 6.83. The zero-order valence-corrected chi connectivity index (χ0v) is 10.4. The molecule has 2 heterocycles. The second-order valence-corrected chi connectivity index (χ2v) is 5.27. The molecule has 0 saturated carbocycles. The van der Waals surface area contributed by atoms with Crippen molar-refractivity contribution in [3.05, 3.63) is 16.1 Å². The zero-order chi connectivity index (χ0) is 9.97. The summed E-state index contributed by atoms with van der Waals surface area (Å²) in [6.07, 6.45) is 0. The van der Waals surface area contributed by atoms with E-state index in [9.17, 15) is 0 Å². The van der Waals surface area contributed by atoms with E-state index in [1.807, 2.05) is 5.38 Å². The first-order valence-electron chi connectivity index (χ1n) is 4.10. The Morgan fingerprint density at radius 2 is 2.36 bits per heavy atom. The van der Waals surface area contributed by atoms with Gasteiger partial charge in [-0.05, 0) is 0 Å². The molecular weight excluding hydrogens is 259 g/mol. The van der Waals surface area contributed by atoms with Crippen molar-refractivity contribution >= 4 is 51.3 Å². The standard InChI is InChI=1S/C8H8Cl2N2S2/c9-1-5-3-13-7(11-5)8-12-6(2-10)4-14-8/h3,6H,1-2,4H2. The highest BCUT2D eigenvalue weighted by Crippen LogP contribution is 2.26. The molecule has 0 aliphatic carbocycles. The number of aliphatic imine (C=N–C) groups is 1. The Balaban J connectivity index is 2.15. The van der Waals surface area contributed by atoms with Crippen LogP contribution in [0.3, 0.4) is 0 Å². The van der Waals surface area contributed by atoms with Crippen LogP contribution in [0, 0.1) is 0 Å². The van der Waals surface area contributed by atoms with Crippen molar-refractivity contribution in [2.45, 2.75) is 11.9 Å². The Labute approximate surface area is 101 Å². The minimum atomic E-state index is 0.250. The maximum Gasteiger partial charge on any atom is 0.148 e. The first-order valence-corrected chi connectivity index (χ1v) is 7.04. The van der Waals surface area contributed by atoms with Crippen molar-refractivity contribution in [2.75, 3.05) is 11.6 Å². The smallest absolute Gasteiger partial charge is 0.148 e. The molecule has 1 unspecified atom stereocenters. The number of thiazole rings is 1. The third-order valence-electron chi connectivity index (χ3n) is 1.76. The van der Waals surface area contributed by atoms with Crippen molar-refractivity contribution in [1.29, 1.82) is 0 Å². The van der Waals surface area contributed by atoms with E-state index in [2.05, 4.69) is 9.98 Å². The second kappa shape index (κ2) is 4.84. The Kier molecular flexibility index (Phi) is 3.71. The fourth-order valence-electron chi connectivity index (χ4n) is 1.08. The van der Waals surface area contributed by atoms with E-state index in [0.717, 1.165) is 21.5 Å². The molecule has 0 amide bonds. The van der Waals surface area contributed by atoms with Crippen LogP contribution < -0.4 is 0 Å². The van der Waals surface area contributed by atoms with Gasteiger partial charge in [-0.1, -0.05) is 0 Å². The lowest BCUT2D eigenvalue weighted by Gasteiger charge is -1.94. The lowest BCUT2D eigenvalue weighted by molar-refractivity contribution is 0.873. The van der Waals surface area contributed by atoms with Gasteiger partial charge in [0.2, 0.25) is 0 Å². The van der Waals surface area contributed by atoms with Crippen LogP contribution >= 0.6 is 46.3 Å². The van der Waals surface area contributed by atoms with Gasteiger partial charge in [0.25, 0.3) is 0 Å². The predicted octanol–water partition coefficient (Wildman–Crippen LogP) is 2.98. The molecule has 1 aliphatic rings. The molecule has 0 N–H and O–H groups in total. The normalized spacial score (nSPS) is 21.3. The van der Waals surface area contributed by atoms with Gasteiger partial charge < -0.3 is 0 Å². The molecule has 0 fully saturated rings. The van der Waals surface area contributed by atoms with Crippen LogP contribution in [0.25, 0.3) is 0 Å². The zero-order valence-electron chi connectivity index (χ0n) is 7.24. The lowest BCUT2D eigenvalue weighted by atomic mass is 10.4. The number of alkyl halides is 2. The summed E-state index contributed by atoms with van der Waals surface area (Å²) >= 11 is 14.7. The molecule has 0 spiro atoms. The van der Waals surface area contributed by atoms with Crippen LogP contribution in [0.15, 0.2) is 10.4 Å². The van der Waals surface area contributed by atoms with Gasteiger partial charge in [0.1, 0.15) is 10.1 Å². The van der Waals surface area contributed by atoms with Crippen molar-refractivity contribution in [3.63, 3.8) is 0 Å². The molecule has 76 valence electrons. The number of aromatic nitrogens is 1. The third kappa shape index (κ3) is 2.24. The summed E-state index contributed by atoms with van der Waals surface area (Å²) in [5, 5.41) is 3.95. The monoisotopic (exact) mass is 266 g/mol. The number of nitrogens with zero attached hydrogens (tertiary/aromatic N) is 2. The van der Waals surface area contributed by atoms with Crippen LogP contribution in [0.2, 0.25) is 0 Å².